The van der Waals surface area contributed by atoms with E-state index in [2.05, 4.69) is 99.6 Å². The van der Waals surface area contributed by atoms with Gasteiger partial charge in [-0.05, 0) is 11.0 Å². The first-order valence-corrected chi connectivity index (χ1v) is 16.2. The standard InChI is InChI=1S/C21H33N3Si2/c1-21(2,3)19-17(15-22)23-20(18(19)16-13-11-10-12-14-16)24(25(4,5)6)26(7,8)9/h10-14,23H,1-9H3. The molecule has 0 spiro atoms. The van der Waals surface area contributed by atoms with Gasteiger partial charge in [0.1, 0.15) is 28.2 Å². The Morgan fingerprint density at radius 2 is 1.42 bits per heavy atom. The zero-order valence-corrected chi connectivity index (χ0v) is 19.8. The minimum absolute atomic E-state index is 0.116. The van der Waals surface area contributed by atoms with Gasteiger partial charge in [-0.25, -0.2) is 0 Å². The van der Waals surface area contributed by atoms with Crippen LogP contribution in [0.1, 0.15) is 32.0 Å². The quantitative estimate of drug-likeness (QED) is 0.627. The van der Waals surface area contributed by atoms with Crippen LogP contribution in [-0.4, -0.2) is 21.5 Å². The molecule has 26 heavy (non-hydrogen) atoms. The lowest BCUT2D eigenvalue weighted by atomic mass is 9.82. The molecule has 0 bridgehead atoms. The average Bonchev–Trinajstić information content (AvgIpc) is 2.84. The van der Waals surface area contributed by atoms with E-state index < -0.39 is 16.5 Å². The second-order valence-electron chi connectivity index (χ2n) is 10.0. The van der Waals surface area contributed by atoms with Crippen LogP contribution in [0.3, 0.4) is 0 Å². The number of anilines is 1. The van der Waals surface area contributed by atoms with Crippen LogP contribution < -0.4 is 4.23 Å². The van der Waals surface area contributed by atoms with Gasteiger partial charge in [-0.2, -0.15) is 5.26 Å². The van der Waals surface area contributed by atoms with Gasteiger partial charge in [0.2, 0.25) is 0 Å². The molecular weight excluding hydrogens is 350 g/mol. The first-order valence-electron chi connectivity index (χ1n) is 9.31. The van der Waals surface area contributed by atoms with Gasteiger partial charge in [-0.3, -0.25) is 0 Å². The van der Waals surface area contributed by atoms with Crippen molar-refractivity contribution >= 4 is 22.3 Å². The molecule has 5 heteroatoms. The maximum absolute atomic E-state index is 9.88. The van der Waals surface area contributed by atoms with E-state index in [9.17, 15) is 5.26 Å². The summed E-state index contributed by atoms with van der Waals surface area (Å²) >= 11 is 0. The number of aromatic nitrogens is 1. The lowest BCUT2D eigenvalue weighted by Gasteiger charge is -2.45. The van der Waals surface area contributed by atoms with E-state index in [1.165, 1.54) is 11.1 Å². The van der Waals surface area contributed by atoms with Crippen molar-refractivity contribution in [3.05, 3.63) is 41.6 Å². The Labute approximate surface area is 161 Å². The van der Waals surface area contributed by atoms with Crippen molar-refractivity contribution in [3.63, 3.8) is 0 Å². The molecule has 0 fully saturated rings. The van der Waals surface area contributed by atoms with Crippen molar-refractivity contribution in [1.82, 2.24) is 4.98 Å². The summed E-state index contributed by atoms with van der Waals surface area (Å²) in [6, 6.07) is 13.0. The molecule has 1 heterocycles. The number of aromatic amines is 1. The van der Waals surface area contributed by atoms with E-state index in [0.29, 0.717) is 5.69 Å². The van der Waals surface area contributed by atoms with Crippen LogP contribution in [0.15, 0.2) is 30.3 Å². The molecule has 0 saturated heterocycles. The smallest absolute Gasteiger partial charge is 0.139 e. The largest absolute Gasteiger partial charge is 0.411 e. The number of benzene rings is 1. The monoisotopic (exact) mass is 383 g/mol. The topological polar surface area (TPSA) is 42.8 Å². The number of H-pyrrole nitrogens is 1. The van der Waals surface area contributed by atoms with E-state index in [1.807, 2.05) is 6.07 Å². The van der Waals surface area contributed by atoms with E-state index in [1.54, 1.807) is 0 Å². The molecule has 2 aromatic rings. The van der Waals surface area contributed by atoms with Gasteiger partial charge in [-0.15, -0.1) is 0 Å². The van der Waals surface area contributed by atoms with Crippen molar-refractivity contribution in [3.8, 4) is 17.2 Å². The molecule has 140 valence electrons. The van der Waals surface area contributed by atoms with Gasteiger partial charge >= 0.3 is 0 Å². The Morgan fingerprint density at radius 1 is 0.923 bits per heavy atom. The average molecular weight is 384 g/mol. The van der Waals surface area contributed by atoms with Crippen molar-refractivity contribution < 1.29 is 0 Å². The Kier molecular flexibility index (Phi) is 5.33. The van der Waals surface area contributed by atoms with Crippen molar-refractivity contribution in [2.45, 2.75) is 65.5 Å². The summed E-state index contributed by atoms with van der Waals surface area (Å²) in [6.45, 7) is 20.9. The molecule has 3 nitrogen and oxygen atoms in total. The number of nitriles is 1. The molecule has 0 unspecified atom stereocenters. The van der Waals surface area contributed by atoms with Gasteiger partial charge in [0.15, 0.2) is 0 Å². The van der Waals surface area contributed by atoms with Gasteiger partial charge in [-0.1, -0.05) is 90.4 Å². The number of nitrogens with one attached hydrogen (secondary N) is 1. The van der Waals surface area contributed by atoms with E-state index in [0.717, 1.165) is 11.4 Å². The predicted molar refractivity (Wildman–Crippen MR) is 119 cm³/mol. The summed E-state index contributed by atoms with van der Waals surface area (Å²) in [4.78, 5) is 3.55. The molecule has 1 aromatic carbocycles. The lowest BCUT2D eigenvalue weighted by molar-refractivity contribution is 0.591. The number of hydrogen-bond donors (Lipinski definition) is 1. The highest BCUT2D eigenvalue weighted by atomic mass is 28.4. The highest BCUT2D eigenvalue weighted by Gasteiger charge is 2.39. The van der Waals surface area contributed by atoms with Crippen LogP contribution in [-0.2, 0) is 5.41 Å². The molecule has 0 saturated carbocycles. The van der Waals surface area contributed by atoms with Crippen LogP contribution in [0.5, 0.6) is 0 Å². The number of rotatable bonds is 4. The van der Waals surface area contributed by atoms with Gasteiger partial charge < -0.3 is 9.22 Å². The second-order valence-corrected chi connectivity index (χ2v) is 20.0. The molecule has 1 aromatic heterocycles. The molecule has 0 aliphatic rings. The van der Waals surface area contributed by atoms with E-state index in [-0.39, 0.29) is 5.41 Å². The van der Waals surface area contributed by atoms with E-state index in [4.69, 9.17) is 0 Å². The molecule has 0 atom stereocenters. The third kappa shape index (κ3) is 3.97. The molecule has 0 aliphatic carbocycles. The minimum atomic E-state index is -1.65. The molecular formula is C21H33N3Si2. The fourth-order valence-electron chi connectivity index (χ4n) is 4.05. The first kappa shape index (κ1) is 20.5. The minimum Gasteiger partial charge on any atom is -0.411 e. The zero-order valence-electron chi connectivity index (χ0n) is 17.8. The van der Waals surface area contributed by atoms with Crippen molar-refractivity contribution in [2.24, 2.45) is 0 Å². The Hall–Kier alpha value is -1.78. The molecule has 1 N–H and O–H groups in total. The van der Waals surface area contributed by atoms with Crippen LogP contribution >= 0.6 is 0 Å². The van der Waals surface area contributed by atoms with Crippen molar-refractivity contribution in [2.75, 3.05) is 4.23 Å². The summed E-state index contributed by atoms with van der Waals surface area (Å²) in [6.07, 6.45) is 0. The normalized spacial score (nSPS) is 12.8. The summed E-state index contributed by atoms with van der Waals surface area (Å²) in [5.41, 5.74) is 4.11. The Bertz CT molecular complexity index is 796. The van der Waals surface area contributed by atoms with Crippen LogP contribution in [0, 0.1) is 11.3 Å². The molecule has 0 amide bonds. The van der Waals surface area contributed by atoms with Gasteiger partial charge in [0.05, 0.1) is 5.82 Å². The highest BCUT2D eigenvalue weighted by Crippen LogP contribution is 2.44. The van der Waals surface area contributed by atoms with Crippen LogP contribution in [0.4, 0.5) is 5.82 Å². The zero-order chi connectivity index (χ0) is 19.9. The summed E-state index contributed by atoms with van der Waals surface area (Å²) in [7, 11) is -3.31. The first-order chi connectivity index (χ1) is 11.8. The van der Waals surface area contributed by atoms with E-state index >= 15 is 0 Å². The SMILES string of the molecule is CC(C)(C)c1c(C#N)[nH]c(N([Si](C)(C)C)[Si](C)(C)C)c1-c1ccccc1. The fourth-order valence-corrected chi connectivity index (χ4v) is 13.8. The molecule has 0 radical (unpaired) electrons. The third-order valence-electron chi connectivity index (χ3n) is 4.47. The summed E-state index contributed by atoms with van der Waals surface area (Å²) in [5, 5.41) is 9.88. The maximum Gasteiger partial charge on any atom is 0.139 e. The summed E-state index contributed by atoms with van der Waals surface area (Å²) in [5.74, 6) is 1.15. The lowest BCUT2D eigenvalue weighted by Crippen LogP contribution is -2.60. The predicted octanol–water partition coefficient (Wildman–Crippen LogP) is 6.33. The van der Waals surface area contributed by atoms with Crippen molar-refractivity contribution in [1.29, 1.82) is 5.26 Å². The van der Waals surface area contributed by atoms with Crippen LogP contribution in [0.2, 0.25) is 39.3 Å². The van der Waals surface area contributed by atoms with Gasteiger partial charge in [0, 0.05) is 11.1 Å². The summed E-state index contributed by atoms with van der Waals surface area (Å²) < 4.78 is 2.68. The Morgan fingerprint density at radius 3 is 1.81 bits per heavy atom. The highest BCUT2D eigenvalue weighted by molar-refractivity contribution is 6.99. The van der Waals surface area contributed by atoms with Crippen LogP contribution in [0.25, 0.3) is 11.1 Å². The maximum atomic E-state index is 9.88. The second kappa shape index (κ2) is 6.75. The fraction of sp³-hybridized carbons (Fsp3) is 0.476. The number of hydrogen-bond acceptors (Lipinski definition) is 2. The Balaban J connectivity index is 2.95. The van der Waals surface area contributed by atoms with Gasteiger partial charge in [0.25, 0.3) is 0 Å². The molecule has 0 aliphatic heterocycles. The molecule has 2 rings (SSSR count). The number of nitrogens with zero attached hydrogens (tertiary/aromatic N) is 2. The third-order valence-corrected chi connectivity index (χ3v) is 11.6.